The Morgan fingerprint density at radius 3 is 2.58 bits per heavy atom. The van der Waals surface area contributed by atoms with Crippen LogP contribution in [0.2, 0.25) is 0 Å². The van der Waals surface area contributed by atoms with E-state index in [0.29, 0.717) is 19.5 Å². The van der Waals surface area contributed by atoms with Gasteiger partial charge in [0.15, 0.2) is 0 Å². The first-order valence-corrected chi connectivity index (χ1v) is 12.2. The number of piperazine rings is 1. The van der Waals surface area contributed by atoms with Gasteiger partial charge in [-0.25, -0.2) is 0 Å². The standard InChI is InChI=1S/C27H30N4O2/c32-25-22-15-20-19-11-5-6-12-21(19)30-24(20)23(17-28-25)31(22)27(13-7-2-8-14-27)26(33)29-16-18-9-3-1-4-10-18/h1,3-6,9-12,22-23,30H,2,7-8,13-17H2,(H,28,32)(H,29,33)/t22-,23?/m0/s1. The maximum Gasteiger partial charge on any atom is 0.240 e. The molecule has 2 fully saturated rings. The summed E-state index contributed by atoms with van der Waals surface area (Å²) in [6, 6.07) is 18.0. The van der Waals surface area contributed by atoms with Gasteiger partial charge in [0.2, 0.25) is 11.8 Å². The van der Waals surface area contributed by atoms with Crippen molar-refractivity contribution in [3.8, 4) is 0 Å². The summed E-state index contributed by atoms with van der Waals surface area (Å²) >= 11 is 0. The van der Waals surface area contributed by atoms with Crippen molar-refractivity contribution in [3.05, 3.63) is 71.4 Å². The Kier molecular flexibility index (Phi) is 4.98. The number of fused-ring (bicyclic) bond motifs is 6. The SMILES string of the molecule is O=C1NCC2c3[nH]c4ccccc4c3C[C@@H]1N2C1(C(=O)NCc2ccccc2)CCCCC1. The number of benzene rings is 2. The summed E-state index contributed by atoms with van der Waals surface area (Å²) < 4.78 is 0. The predicted octanol–water partition coefficient (Wildman–Crippen LogP) is 3.58. The van der Waals surface area contributed by atoms with Crippen LogP contribution in [0.3, 0.4) is 0 Å². The highest BCUT2D eigenvalue weighted by molar-refractivity contribution is 5.92. The molecule has 1 aliphatic carbocycles. The third-order valence-corrected chi connectivity index (χ3v) is 7.91. The lowest BCUT2D eigenvalue weighted by atomic mass is 9.74. The lowest BCUT2D eigenvalue weighted by Crippen LogP contribution is -2.71. The first kappa shape index (κ1) is 20.5. The van der Waals surface area contributed by atoms with Gasteiger partial charge in [-0.05, 0) is 36.5 Å². The second kappa shape index (κ2) is 8.03. The molecular weight excluding hydrogens is 412 g/mol. The fraction of sp³-hybridized carbons (Fsp3) is 0.407. The number of nitrogens with one attached hydrogen (secondary N) is 3. The second-order valence-electron chi connectivity index (χ2n) is 9.71. The molecule has 6 heteroatoms. The first-order valence-electron chi connectivity index (χ1n) is 12.2. The fourth-order valence-corrected chi connectivity index (χ4v) is 6.39. The molecular formula is C27H30N4O2. The van der Waals surface area contributed by atoms with E-state index >= 15 is 0 Å². The van der Waals surface area contributed by atoms with Crippen LogP contribution in [0.25, 0.3) is 10.9 Å². The van der Waals surface area contributed by atoms with Crippen LogP contribution in [0.4, 0.5) is 0 Å². The molecule has 0 radical (unpaired) electrons. The summed E-state index contributed by atoms with van der Waals surface area (Å²) in [4.78, 5) is 33.0. The van der Waals surface area contributed by atoms with Crippen LogP contribution >= 0.6 is 0 Å². The average Bonchev–Trinajstić information content (AvgIpc) is 3.24. The van der Waals surface area contributed by atoms with Crippen LogP contribution in [0.5, 0.6) is 0 Å². The minimum Gasteiger partial charge on any atom is -0.357 e. The molecule has 3 aliphatic rings. The van der Waals surface area contributed by atoms with E-state index in [4.69, 9.17) is 0 Å². The van der Waals surface area contributed by atoms with Crippen molar-refractivity contribution in [2.75, 3.05) is 6.54 Å². The Morgan fingerprint density at radius 1 is 1.00 bits per heavy atom. The smallest absolute Gasteiger partial charge is 0.240 e. The Hall–Kier alpha value is -3.12. The molecule has 1 saturated carbocycles. The number of carbonyl (C=O) groups excluding carboxylic acids is 2. The van der Waals surface area contributed by atoms with Gasteiger partial charge in [0.1, 0.15) is 5.54 Å². The second-order valence-corrected chi connectivity index (χ2v) is 9.71. The Labute approximate surface area is 193 Å². The minimum atomic E-state index is -0.658. The van der Waals surface area contributed by atoms with Crippen LogP contribution in [0, 0.1) is 0 Å². The zero-order chi connectivity index (χ0) is 22.4. The molecule has 3 aromatic rings. The number of hydrogen-bond donors (Lipinski definition) is 3. The molecule has 2 aliphatic heterocycles. The summed E-state index contributed by atoms with van der Waals surface area (Å²) in [6.07, 6.45) is 5.38. The number of rotatable bonds is 4. The van der Waals surface area contributed by atoms with E-state index < -0.39 is 5.54 Å². The zero-order valence-electron chi connectivity index (χ0n) is 18.8. The molecule has 3 heterocycles. The number of H-pyrrole nitrogens is 1. The molecule has 2 bridgehead atoms. The third kappa shape index (κ3) is 3.27. The fourth-order valence-electron chi connectivity index (χ4n) is 6.39. The lowest BCUT2D eigenvalue weighted by molar-refractivity contribution is -0.153. The maximum absolute atomic E-state index is 13.9. The Bertz CT molecular complexity index is 1200. The summed E-state index contributed by atoms with van der Waals surface area (Å²) in [5.74, 6) is 0.110. The molecule has 3 N–H and O–H groups in total. The van der Waals surface area contributed by atoms with E-state index in [2.05, 4.69) is 38.7 Å². The van der Waals surface area contributed by atoms with Crippen molar-refractivity contribution in [2.45, 2.75) is 62.7 Å². The van der Waals surface area contributed by atoms with Crippen LogP contribution in [-0.2, 0) is 22.6 Å². The van der Waals surface area contributed by atoms with Gasteiger partial charge < -0.3 is 15.6 Å². The van der Waals surface area contributed by atoms with E-state index in [1.807, 2.05) is 36.4 Å². The molecule has 1 unspecified atom stereocenters. The van der Waals surface area contributed by atoms with Crippen molar-refractivity contribution >= 4 is 22.7 Å². The van der Waals surface area contributed by atoms with Crippen molar-refractivity contribution < 1.29 is 9.59 Å². The van der Waals surface area contributed by atoms with Gasteiger partial charge in [-0.1, -0.05) is 67.8 Å². The number of hydrogen-bond acceptors (Lipinski definition) is 3. The monoisotopic (exact) mass is 442 g/mol. The molecule has 1 saturated heterocycles. The van der Waals surface area contributed by atoms with Gasteiger partial charge in [0.05, 0.1) is 12.1 Å². The van der Waals surface area contributed by atoms with Gasteiger partial charge in [-0.15, -0.1) is 0 Å². The van der Waals surface area contributed by atoms with Gasteiger partial charge in [0.25, 0.3) is 0 Å². The topological polar surface area (TPSA) is 77.2 Å². The largest absolute Gasteiger partial charge is 0.357 e. The van der Waals surface area contributed by atoms with E-state index in [1.54, 1.807) is 0 Å². The average molecular weight is 443 g/mol. The third-order valence-electron chi connectivity index (χ3n) is 7.91. The first-order chi connectivity index (χ1) is 16.2. The number of aromatic amines is 1. The summed E-state index contributed by atoms with van der Waals surface area (Å²) in [5, 5.41) is 7.56. The van der Waals surface area contributed by atoms with Gasteiger partial charge >= 0.3 is 0 Å². The van der Waals surface area contributed by atoms with Gasteiger partial charge in [-0.3, -0.25) is 14.5 Å². The van der Waals surface area contributed by atoms with E-state index in [1.165, 1.54) is 10.9 Å². The van der Waals surface area contributed by atoms with Crippen molar-refractivity contribution in [2.24, 2.45) is 0 Å². The zero-order valence-corrected chi connectivity index (χ0v) is 18.8. The predicted molar refractivity (Wildman–Crippen MR) is 127 cm³/mol. The molecule has 2 amide bonds. The molecule has 33 heavy (non-hydrogen) atoms. The number of para-hydroxylation sites is 1. The number of aromatic nitrogens is 1. The van der Waals surface area contributed by atoms with E-state index in [0.717, 1.165) is 48.9 Å². The quantitative estimate of drug-likeness (QED) is 0.578. The number of amides is 2. The highest BCUT2D eigenvalue weighted by Crippen LogP contribution is 2.47. The van der Waals surface area contributed by atoms with Crippen molar-refractivity contribution in [1.29, 1.82) is 0 Å². The van der Waals surface area contributed by atoms with Gasteiger partial charge in [0, 0.05) is 29.7 Å². The summed E-state index contributed by atoms with van der Waals surface area (Å²) in [5.41, 5.74) is 3.94. The summed E-state index contributed by atoms with van der Waals surface area (Å²) in [7, 11) is 0. The maximum atomic E-state index is 13.9. The van der Waals surface area contributed by atoms with E-state index in [-0.39, 0.29) is 23.9 Å². The molecule has 2 aromatic carbocycles. The van der Waals surface area contributed by atoms with Gasteiger partial charge in [-0.2, -0.15) is 0 Å². The van der Waals surface area contributed by atoms with Crippen LogP contribution < -0.4 is 10.6 Å². The normalized spacial score (nSPS) is 24.2. The Balaban J connectivity index is 1.40. The molecule has 170 valence electrons. The minimum absolute atomic E-state index is 0.0237. The lowest BCUT2D eigenvalue weighted by Gasteiger charge is -2.55. The van der Waals surface area contributed by atoms with Crippen LogP contribution in [-0.4, -0.2) is 39.8 Å². The molecule has 6 rings (SSSR count). The highest BCUT2D eigenvalue weighted by Gasteiger charge is 2.56. The molecule has 2 atom stereocenters. The van der Waals surface area contributed by atoms with Crippen LogP contribution in [0.1, 0.15) is 55.0 Å². The number of carbonyl (C=O) groups is 2. The molecule has 6 nitrogen and oxygen atoms in total. The van der Waals surface area contributed by atoms with E-state index in [9.17, 15) is 9.59 Å². The highest BCUT2D eigenvalue weighted by atomic mass is 16.2. The Morgan fingerprint density at radius 2 is 1.76 bits per heavy atom. The molecule has 1 aromatic heterocycles. The van der Waals surface area contributed by atoms with Crippen molar-refractivity contribution in [1.82, 2.24) is 20.5 Å². The summed E-state index contributed by atoms with van der Waals surface area (Å²) in [6.45, 7) is 1.04. The molecule has 0 spiro atoms. The number of nitrogens with zero attached hydrogens (tertiary/aromatic N) is 1. The van der Waals surface area contributed by atoms with Crippen molar-refractivity contribution in [3.63, 3.8) is 0 Å². The van der Waals surface area contributed by atoms with Crippen LogP contribution in [0.15, 0.2) is 54.6 Å².